The van der Waals surface area contributed by atoms with Gasteiger partial charge in [-0.15, -0.1) is 0 Å². The second-order valence-corrected chi connectivity index (χ2v) is 9.46. The molecular formula is C26H27F3N6O4. The van der Waals surface area contributed by atoms with Crippen LogP contribution in [0.15, 0.2) is 42.5 Å². The van der Waals surface area contributed by atoms with Gasteiger partial charge in [-0.25, -0.2) is 4.85 Å². The van der Waals surface area contributed by atoms with E-state index in [-0.39, 0.29) is 30.0 Å². The number of anilines is 2. The Balaban J connectivity index is 1.24. The van der Waals surface area contributed by atoms with Gasteiger partial charge >= 0.3 is 6.18 Å². The van der Waals surface area contributed by atoms with Crippen molar-refractivity contribution in [3.63, 3.8) is 0 Å². The summed E-state index contributed by atoms with van der Waals surface area (Å²) in [5.74, 6) is -0.529. The lowest BCUT2D eigenvalue weighted by Gasteiger charge is -2.37. The molecule has 1 N–H and O–H groups in total. The summed E-state index contributed by atoms with van der Waals surface area (Å²) in [6, 6.07) is 9.85. The zero-order valence-electron chi connectivity index (χ0n) is 21.0. The van der Waals surface area contributed by atoms with Crippen molar-refractivity contribution in [2.24, 2.45) is 0 Å². The summed E-state index contributed by atoms with van der Waals surface area (Å²) in [5, 5.41) is 13.9. The zero-order valence-corrected chi connectivity index (χ0v) is 21.0. The van der Waals surface area contributed by atoms with Crippen LogP contribution in [0.5, 0.6) is 0 Å². The Labute approximate surface area is 222 Å². The van der Waals surface area contributed by atoms with Gasteiger partial charge in [0, 0.05) is 62.8 Å². The third-order valence-electron chi connectivity index (χ3n) is 7.00. The number of hydrogen-bond donors (Lipinski definition) is 1. The van der Waals surface area contributed by atoms with E-state index in [4.69, 9.17) is 6.57 Å². The minimum absolute atomic E-state index is 0.120. The summed E-state index contributed by atoms with van der Waals surface area (Å²) >= 11 is 0. The summed E-state index contributed by atoms with van der Waals surface area (Å²) < 4.78 is 39.8. The van der Waals surface area contributed by atoms with Crippen molar-refractivity contribution in [3.8, 4) is 0 Å². The Morgan fingerprint density at radius 1 is 0.974 bits per heavy atom. The number of halogens is 3. The monoisotopic (exact) mass is 544 g/mol. The summed E-state index contributed by atoms with van der Waals surface area (Å²) in [6.07, 6.45) is -4.18. The van der Waals surface area contributed by atoms with Crippen molar-refractivity contribution in [3.05, 3.63) is 69.6 Å². The molecule has 0 radical (unpaired) electrons. The van der Waals surface area contributed by atoms with Gasteiger partial charge in [-0.2, -0.15) is 13.2 Å². The zero-order chi connectivity index (χ0) is 28.2. The lowest BCUT2D eigenvalue weighted by Crippen LogP contribution is -2.50. The van der Waals surface area contributed by atoms with Gasteiger partial charge < -0.3 is 20.0 Å². The lowest BCUT2D eigenvalue weighted by molar-refractivity contribution is -0.388. The van der Waals surface area contributed by atoms with Crippen LogP contribution in [0, 0.1) is 16.7 Å². The van der Waals surface area contributed by atoms with Crippen LogP contribution in [0.2, 0.25) is 0 Å². The molecule has 2 aromatic rings. The van der Waals surface area contributed by atoms with Crippen LogP contribution in [-0.4, -0.2) is 71.8 Å². The number of nitrogens with zero attached hydrogens (tertiary/aromatic N) is 5. The maximum atomic E-state index is 13.3. The smallest absolute Gasteiger partial charge is 0.382 e. The van der Waals surface area contributed by atoms with Gasteiger partial charge in [-0.05, 0) is 37.1 Å². The van der Waals surface area contributed by atoms with Crippen molar-refractivity contribution in [1.29, 1.82) is 0 Å². The van der Waals surface area contributed by atoms with E-state index in [1.165, 1.54) is 6.07 Å². The first kappa shape index (κ1) is 27.7. The second kappa shape index (κ2) is 11.6. The maximum Gasteiger partial charge on any atom is 0.423 e. The number of carbonyl (C=O) groups is 2. The Morgan fingerprint density at radius 3 is 2.10 bits per heavy atom. The molecule has 2 fully saturated rings. The lowest BCUT2D eigenvalue weighted by atomic mass is 10.0. The van der Waals surface area contributed by atoms with Crippen molar-refractivity contribution in [1.82, 2.24) is 9.80 Å². The quantitative estimate of drug-likeness (QED) is 0.252. The third kappa shape index (κ3) is 6.76. The summed E-state index contributed by atoms with van der Waals surface area (Å²) in [6.45, 7) is 9.93. The fourth-order valence-electron chi connectivity index (χ4n) is 4.83. The molecule has 39 heavy (non-hydrogen) atoms. The van der Waals surface area contributed by atoms with Gasteiger partial charge in [0.05, 0.1) is 11.5 Å². The first-order valence-corrected chi connectivity index (χ1v) is 12.5. The maximum absolute atomic E-state index is 13.3. The number of nitrogens with one attached hydrogen (secondary N) is 1. The average molecular weight is 545 g/mol. The van der Waals surface area contributed by atoms with E-state index in [0.717, 1.165) is 17.8 Å². The molecule has 0 saturated carbocycles. The number of piperidine rings is 1. The molecule has 2 aromatic carbocycles. The van der Waals surface area contributed by atoms with E-state index in [9.17, 15) is 32.9 Å². The van der Waals surface area contributed by atoms with E-state index >= 15 is 0 Å². The van der Waals surface area contributed by atoms with Crippen molar-refractivity contribution >= 4 is 34.6 Å². The molecule has 0 spiro atoms. The largest absolute Gasteiger partial charge is 0.423 e. The van der Waals surface area contributed by atoms with Crippen LogP contribution < -0.4 is 10.2 Å². The molecule has 0 aliphatic carbocycles. The number of carbonyl (C=O) groups excluding carboxylic acids is 2. The Hall–Kier alpha value is -4.34. The molecule has 2 saturated heterocycles. The third-order valence-corrected chi connectivity index (χ3v) is 7.00. The first-order valence-electron chi connectivity index (χ1n) is 12.5. The van der Waals surface area contributed by atoms with E-state index in [2.05, 4.69) is 15.1 Å². The Morgan fingerprint density at radius 2 is 1.56 bits per heavy atom. The molecule has 0 aromatic heterocycles. The van der Waals surface area contributed by atoms with Gasteiger partial charge in [-0.3, -0.25) is 19.7 Å². The second-order valence-electron chi connectivity index (χ2n) is 9.46. The molecule has 0 bridgehead atoms. The molecule has 13 heteroatoms. The SMILES string of the molecule is [C-]#[N+]c1ccc(N2CCN(C(=O)CC(=O)N3CCC(Nc4ccc([N+](=O)[O-])c(C(F)(F)F)c4)CC3)CC2)cc1. The molecule has 10 nitrogen and oxygen atoms in total. The molecule has 2 amide bonds. The van der Waals surface area contributed by atoms with Gasteiger partial charge in [0.25, 0.3) is 5.69 Å². The number of piperazine rings is 1. The fourth-order valence-corrected chi connectivity index (χ4v) is 4.83. The van der Waals surface area contributed by atoms with Gasteiger partial charge in [0.2, 0.25) is 11.8 Å². The fraction of sp³-hybridized carbons (Fsp3) is 0.423. The number of nitro groups is 1. The first-order chi connectivity index (χ1) is 18.5. The molecule has 2 heterocycles. The minimum atomic E-state index is -4.86. The van der Waals surface area contributed by atoms with Gasteiger partial charge in [0.1, 0.15) is 12.0 Å². The average Bonchev–Trinajstić information content (AvgIpc) is 2.93. The van der Waals surface area contributed by atoms with Crippen molar-refractivity contribution in [2.75, 3.05) is 49.5 Å². The van der Waals surface area contributed by atoms with Crippen LogP contribution in [-0.2, 0) is 15.8 Å². The van der Waals surface area contributed by atoms with Crippen molar-refractivity contribution < 1.29 is 27.7 Å². The predicted octanol–water partition coefficient (Wildman–Crippen LogP) is 4.31. The molecule has 2 aliphatic heterocycles. The Kier molecular flexibility index (Phi) is 8.23. The highest BCUT2D eigenvalue weighted by molar-refractivity contribution is 5.97. The molecular weight excluding hydrogens is 517 g/mol. The van der Waals surface area contributed by atoms with E-state index in [0.29, 0.717) is 57.8 Å². The van der Waals surface area contributed by atoms with Crippen LogP contribution in [0.3, 0.4) is 0 Å². The number of benzene rings is 2. The summed E-state index contributed by atoms with van der Waals surface area (Å²) in [4.78, 5) is 44.2. The highest BCUT2D eigenvalue weighted by Gasteiger charge is 2.38. The van der Waals surface area contributed by atoms with E-state index in [1.54, 1.807) is 21.9 Å². The minimum Gasteiger partial charge on any atom is -0.382 e. The predicted molar refractivity (Wildman–Crippen MR) is 137 cm³/mol. The number of likely N-dealkylation sites (tertiary alicyclic amines) is 1. The van der Waals surface area contributed by atoms with Crippen LogP contribution in [0.25, 0.3) is 4.85 Å². The van der Waals surface area contributed by atoms with Crippen LogP contribution in [0.4, 0.5) is 35.9 Å². The molecule has 206 valence electrons. The number of amides is 2. The van der Waals surface area contributed by atoms with Gasteiger partial charge in [0.15, 0.2) is 5.69 Å². The number of nitro benzene ring substituents is 1. The van der Waals surface area contributed by atoms with E-state index in [1.807, 2.05) is 12.1 Å². The molecule has 0 atom stereocenters. The number of alkyl halides is 3. The van der Waals surface area contributed by atoms with E-state index < -0.39 is 22.4 Å². The van der Waals surface area contributed by atoms with Crippen molar-refractivity contribution in [2.45, 2.75) is 31.5 Å². The van der Waals surface area contributed by atoms with Gasteiger partial charge in [-0.1, -0.05) is 12.1 Å². The molecule has 4 rings (SSSR count). The standard InChI is InChI=1S/C26H27F3N6O4/c1-30-18-2-5-21(6-3-18)32-12-14-34(15-13-32)25(37)17-24(36)33-10-8-19(9-11-33)31-20-4-7-23(35(38)39)22(16-20)26(27,28)29/h2-7,16,19,31H,8-15,17H2. The highest BCUT2D eigenvalue weighted by Crippen LogP contribution is 2.38. The normalized spacial score (nSPS) is 16.5. The molecule has 2 aliphatic rings. The number of rotatable bonds is 6. The molecule has 0 unspecified atom stereocenters. The summed E-state index contributed by atoms with van der Waals surface area (Å²) in [7, 11) is 0. The van der Waals surface area contributed by atoms with Crippen LogP contribution >= 0.6 is 0 Å². The Bertz CT molecular complexity index is 1260. The van der Waals surface area contributed by atoms with Crippen LogP contribution in [0.1, 0.15) is 24.8 Å². The topological polar surface area (TPSA) is 103 Å². The number of hydrogen-bond acceptors (Lipinski definition) is 6. The summed E-state index contributed by atoms with van der Waals surface area (Å²) in [5.41, 5.74) is -0.662. The highest BCUT2D eigenvalue weighted by atomic mass is 19.4.